The number of ether oxygens (including phenoxy) is 1. The van der Waals surface area contributed by atoms with Gasteiger partial charge in [-0.05, 0) is 57.4 Å². The Morgan fingerprint density at radius 2 is 1.57 bits per heavy atom. The second kappa shape index (κ2) is 14.4. The van der Waals surface area contributed by atoms with Crippen LogP contribution in [0.1, 0.15) is 50.3 Å². The maximum Gasteiger partial charge on any atom is 0.243 e. The molecule has 0 aliphatic carbocycles. The van der Waals surface area contributed by atoms with Gasteiger partial charge in [0.2, 0.25) is 21.8 Å². The van der Waals surface area contributed by atoms with Crippen molar-refractivity contribution in [2.45, 2.75) is 65.1 Å². The third kappa shape index (κ3) is 9.62. The monoisotopic (exact) mass is 593 g/mol. The highest BCUT2D eigenvalue weighted by Gasteiger charge is 2.32. The zero-order chi connectivity index (χ0) is 30.9. The number of carbonyl (C=O) groups excluding carboxylic acids is 2. The Hall–Kier alpha value is -3.85. The summed E-state index contributed by atoms with van der Waals surface area (Å²) in [6, 6.07) is 23.6. The third-order valence-electron chi connectivity index (χ3n) is 6.71. The highest BCUT2D eigenvalue weighted by molar-refractivity contribution is 7.92. The van der Waals surface area contributed by atoms with Crippen LogP contribution in [0.3, 0.4) is 0 Å². The molecule has 0 heterocycles. The number of nitrogens with zero attached hydrogens (tertiary/aromatic N) is 2. The lowest BCUT2D eigenvalue weighted by molar-refractivity contribution is -0.142. The highest BCUT2D eigenvalue weighted by Crippen LogP contribution is 2.30. The summed E-state index contributed by atoms with van der Waals surface area (Å²) in [7, 11) is -2.16. The Morgan fingerprint density at radius 3 is 2.19 bits per heavy atom. The first kappa shape index (κ1) is 32.7. The molecule has 3 aromatic rings. The number of carbonyl (C=O) groups is 2. The van der Waals surface area contributed by atoms with Crippen LogP contribution in [0.25, 0.3) is 0 Å². The second-order valence-electron chi connectivity index (χ2n) is 11.6. The number of hydrogen-bond acceptors (Lipinski definition) is 5. The van der Waals surface area contributed by atoms with Crippen molar-refractivity contribution < 1.29 is 22.7 Å². The van der Waals surface area contributed by atoms with Gasteiger partial charge in [0.05, 0.1) is 19.1 Å². The van der Waals surface area contributed by atoms with Crippen LogP contribution in [0.2, 0.25) is 0 Å². The van der Waals surface area contributed by atoms with Gasteiger partial charge in [-0.1, -0.05) is 72.3 Å². The van der Waals surface area contributed by atoms with E-state index in [-0.39, 0.29) is 37.7 Å². The fourth-order valence-electron chi connectivity index (χ4n) is 4.83. The van der Waals surface area contributed by atoms with Crippen molar-refractivity contribution in [3.8, 4) is 5.75 Å². The Balaban J connectivity index is 1.92. The number of sulfonamides is 1. The van der Waals surface area contributed by atoms with Gasteiger partial charge in [-0.25, -0.2) is 8.42 Å². The van der Waals surface area contributed by atoms with Gasteiger partial charge in [0.15, 0.2) is 0 Å². The van der Waals surface area contributed by atoms with Crippen molar-refractivity contribution in [3.63, 3.8) is 0 Å². The van der Waals surface area contributed by atoms with Gasteiger partial charge >= 0.3 is 0 Å². The first-order valence-electron chi connectivity index (χ1n) is 14.1. The molecule has 0 spiro atoms. The summed E-state index contributed by atoms with van der Waals surface area (Å²) in [5, 5.41) is 3.07. The molecule has 0 saturated heterocycles. The molecule has 8 nitrogen and oxygen atoms in total. The minimum absolute atomic E-state index is 0.0566. The summed E-state index contributed by atoms with van der Waals surface area (Å²) in [6.45, 7) is 8.05. The molecule has 226 valence electrons. The summed E-state index contributed by atoms with van der Waals surface area (Å²) < 4.78 is 32.1. The highest BCUT2D eigenvalue weighted by atomic mass is 32.2. The van der Waals surface area contributed by atoms with Crippen molar-refractivity contribution in [2.75, 3.05) is 24.2 Å². The Kier molecular flexibility index (Phi) is 11.2. The smallest absolute Gasteiger partial charge is 0.243 e. The molecule has 2 amide bonds. The quantitative estimate of drug-likeness (QED) is 0.297. The Bertz CT molecular complexity index is 1450. The maximum absolute atomic E-state index is 14.0. The SMILES string of the molecule is COc1ccccc1N(CCCC(=O)N(Cc1cccc(C)c1)[C@H](Cc1ccccc1)C(=O)NC(C)(C)C)S(C)(=O)=O. The van der Waals surface area contributed by atoms with Gasteiger partial charge in [0.25, 0.3) is 0 Å². The van der Waals surface area contributed by atoms with Crippen LogP contribution in [0, 0.1) is 6.92 Å². The van der Waals surface area contributed by atoms with Crippen molar-refractivity contribution in [1.82, 2.24) is 10.2 Å². The van der Waals surface area contributed by atoms with E-state index >= 15 is 0 Å². The van der Waals surface area contributed by atoms with Crippen molar-refractivity contribution in [2.24, 2.45) is 0 Å². The molecule has 1 atom stereocenters. The van der Waals surface area contributed by atoms with E-state index in [1.165, 1.54) is 11.4 Å². The standard InChI is InChI=1S/C33H43N3O5S/c1-25-14-12-17-27(22-25)24-35(29(32(38)34-33(2,3)4)23-26-15-8-7-9-16-26)31(37)20-13-21-36(42(6,39)40)28-18-10-11-19-30(28)41-5/h7-12,14-19,22,29H,13,20-21,23-24H2,1-6H3,(H,34,38)/t29-/m1/s1. The van der Waals surface area contributed by atoms with Gasteiger partial charge in [0, 0.05) is 31.5 Å². The first-order valence-corrected chi connectivity index (χ1v) is 15.9. The van der Waals surface area contributed by atoms with E-state index in [9.17, 15) is 18.0 Å². The van der Waals surface area contributed by atoms with Gasteiger partial charge < -0.3 is 15.0 Å². The zero-order valence-corrected chi connectivity index (χ0v) is 26.3. The predicted molar refractivity (Wildman–Crippen MR) is 168 cm³/mol. The number of para-hydroxylation sites is 2. The molecule has 0 radical (unpaired) electrons. The number of methoxy groups -OCH3 is 1. The Morgan fingerprint density at radius 1 is 0.929 bits per heavy atom. The second-order valence-corrected chi connectivity index (χ2v) is 13.5. The van der Waals surface area contributed by atoms with Crippen LogP contribution in [0.5, 0.6) is 5.75 Å². The van der Waals surface area contributed by atoms with Crippen LogP contribution < -0.4 is 14.4 Å². The normalized spacial score (nSPS) is 12.3. The lowest BCUT2D eigenvalue weighted by Gasteiger charge is -2.34. The fraction of sp³-hybridized carbons (Fsp3) is 0.394. The van der Waals surface area contributed by atoms with Crippen LogP contribution in [-0.2, 0) is 32.6 Å². The van der Waals surface area contributed by atoms with Crippen LogP contribution >= 0.6 is 0 Å². The summed E-state index contributed by atoms with van der Waals surface area (Å²) >= 11 is 0. The summed E-state index contributed by atoms with van der Waals surface area (Å²) in [6.07, 6.45) is 1.79. The van der Waals surface area contributed by atoms with E-state index in [1.54, 1.807) is 29.2 Å². The lowest BCUT2D eigenvalue weighted by atomic mass is 10.00. The molecule has 42 heavy (non-hydrogen) atoms. The average Bonchev–Trinajstić information content (AvgIpc) is 2.92. The molecule has 0 fully saturated rings. The fourth-order valence-corrected chi connectivity index (χ4v) is 5.80. The van der Waals surface area contributed by atoms with Crippen molar-refractivity contribution in [1.29, 1.82) is 0 Å². The number of nitrogens with one attached hydrogen (secondary N) is 1. The lowest BCUT2D eigenvalue weighted by Crippen LogP contribution is -2.54. The van der Waals surface area contributed by atoms with Gasteiger partial charge in [0.1, 0.15) is 11.8 Å². The predicted octanol–water partition coefficient (Wildman–Crippen LogP) is 5.10. The topological polar surface area (TPSA) is 96.0 Å². The molecule has 9 heteroatoms. The van der Waals surface area contributed by atoms with E-state index in [0.717, 1.165) is 22.9 Å². The van der Waals surface area contributed by atoms with Crippen LogP contribution in [0.4, 0.5) is 5.69 Å². The van der Waals surface area contributed by atoms with Gasteiger partial charge in [-0.3, -0.25) is 13.9 Å². The minimum Gasteiger partial charge on any atom is -0.495 e. The summed E-state index contributed by atoms with van der Waals surface area (Å²) in [5.41, 5.74) is 2.83. The maximum atomic E-state index is 14.0. The molecular formula is C33H43N3O5S. The molecule has 0 bridgehead atoms. The van der Waals surface area contributed by atoms with Gasteiger partial charge in [-0.15, -0.1) is 0 Å². The molecule has 0 aliphatic heterocycles. The molecule has 0 aromatic heterocycles. The molecule has 1 N–H and O–H groups in total. The molecule has 0 aliphatic rings. The van der Waals surface area contributed by atoms with Crippen LogP contribution in [0.15, 0.2) is 78.9 Å². The zero-order valence-electron chi connectivity index (χ0n) is 25.5. The first-order chi connectivity index (χ1) is 19.8. The van der Waals surface area contributed by atoms with E-state index in [1.807, 2.05) is 82.3 Å². The van der Waals surface area contributed by atoms with Crippen molar-refractivity contribution >= 4 is 27.5 Å². The number of benzene rings is 3. The molecule has 3 aromatic carbocycles. The van der Waals surface area contributed by atoms with E-state index in [4.69, 9.17) is 4.74 Å². The van der Waals surface area contributed by atoms with E-state index in [2.05, 4.69) is 5.32 Å². The molecule has 0 unspecified atom stereocenters. The minimum atomic E-state index is -3.65. The van der Waals surface area contributed by atoms with Gasteiger partial charge in [-0.2, -0.15) is 0 Å². The largest absolute Gasteiger partial charge is 0.495 e. The van der Waals surface area contributed by atoms with Crippen molar-refractivity contribution in [3.05, 3.63) is 95.6 Å². The number of aryl methyl sites for hydroxylation is 1. The molecular weight excluding hydrogens is 550 g/mol. The number of amides is 2. The van der Waals surface area contributed by atoms with Crippen LogP contribution in [-0.4, -0.2) is 56.6 Å². The average molecular weight is 594 g/mol. The summed E-state index contributed by atoms with van der Waals surface area (Å²) in [4.78, 5) is 29.3. The Labute approximate surface area is 250 Å². The number of hydrogen-bond donors (Lipinski definition) is 1. The number of rotatable bonds is 13. The third-order valence-corrected chi connectivity index (χ3v) is 7.89. The summed E-state index contributed by atoms with van der Waals surface area (Å²) in [5.74, 6) is -0.0359. The number of anilines is 1. The molecule has 3 rings (SSSR count). The molecule has 0 saturated carbocycles. The van der Waals surface area contributed by atoms with E-state index in [0.29, 0.717) is 17.9 Å². The van der Waals surface area contributed by atoms with E-state index < -0.39 is 21.6 Å².